The summed E-state index contributed by atoms with van der Waals surface area (Å²) in [5, 5.41) is 0.657. The first-order valence-electron chi connectivity index (χ1n) is 7.80. The second-order valence-corrected chi connectivity index (χ2v) is 6.18. The van der Waals surface area contributed by atoms with Gasteiger partial charge in [0.25, 0.3) is 0 Å². The zero-order valence-corrected chi connectivity index (χ0v) is 13.9. The smallest absolute Gasteiger partial charge is 0.228 e. The molecule has 0 aromatic heterocycles. The van der Waals surface area contributed by atoms with Crippen molar-refractivity contribution >= 4 is 23.3 Å². The number of aliphatic imine (C=N–C) groups is 1. The molecule has 2 aromatic carbocycles. The lowest BCUT2D eigenvalue weighted by Crippen LogP contribution is -2.35. The van der Waals surface area contributed by atoms with Gasteiger partial charge in [-0.25, -0.2) is 0 Å². The van der Waals surface area contributed by atoms with E-state index in [2.05, 4.69) is 36.2 Å². The van der Waals surface area contributed by atoms with Gasteiger partial charge in [-0.3, -0.25) is 14.7 Å². The van der Waals surface area contributed by atoms with Crippen LogP contribution in [0.25, 0.3) is 0 Å². The molecule has 0 N–H and O–H groups in total. The maximum absolute atomic E-state index is 12.6. The average molecular weight is 327 g/mol. The fourth-order valence-corrected chi connectivity index (χ4v) is 2.90. The monoisotopic (exact) mass is 326 g/mol. The quantitative estimate of drug-likeness (QED) is 0.839. The number of hydrogen-bond acceptors (Lipinski definition) is 2. The van der Waals surface area contributed by atoms with Crippen LogP contribution in [0.1, 0.15) is 23.1 Å². The first-order chi connectivity index (χ1) is 11.1. The Morgan fingerprint density at radius 3 is 2.74 bits per heavy atom. The Hall–Kier alpha value is -2.13. The van der Waals surface area contributed by atoms with Crippen LogP contribution in [0, 0.1) is 6.92 Å². The third kappa shape index (κ3) is 3.80. The summed E-state index contributed by atoms with van der Waals surface area (Å²) in [7, 11) is 0. The average Bonchev–Trinajstić information content (AvgIpc) is 3.04. The topological polar surface area (TPSA) is 32.7 Å². The van der Waals surface area contributed by atoms with Gasteiger partial charge in [-0.2, -0.15) is 0 Å². The molecule has 1 aliphatic heterocycles. The first-order valence-corrected chi connectivity index (χ1v) is 8.17. The molecule has 1 heterocycles. The van der Waals surface area contributed by atoms with Crippen molar-refractivity contribution in [2.45, 2.75) is 19.8 Å². The minimum absolute atomic E-state index is 0.113. The predicted octanol–water partition coefficient (Wildman–Crippen LogP) is 3.87. The summed E-state index contributed by atoms with van der Waals surface area (Å²) in [6.07, 6.45) is 1.24. The lowest BCUT2D eigenvalue weighted by atomic mass is 10.1. The number of carbonyl (C=O) groups excluding carboxylic acids is 1. The molecule has 23 heavy (non-hydrogen) atoms. The van der Waals surface area contributed by atoms with Crippen LogP contribution in [-0.2, 0) is 11.2 Å². The molecule has 0 bridgehead atoms. The van der Waals surface area contributed by atoms with Gasteiger partial charge in [0.2, 0.25) is 5.91 Å². The van der Waals surface area contributed by atoms with E-state index in [-0.39, 0.29) is 5.91 Å². The van der Waals surface area contributed by atoms with Crippen molar-refractivity contribution in [2.24, 2.45) is 4.99 Å². The Bertz CT molecular complexity index is 737. The number of rotatable bonds is 4. The van der Waals surface area contributed by atoms with E-state index in [1.165, 1.54) is 11.1 Å². The highest BCUT2D eigenvalue weighted by atomic mass is 35.5. The molecule has 3 rings (SSSR count). The van der Waals surface area contributed by atoms with Gasteiger partial charge in [-0.05, 0) is 31.0 Å². The van der Waals surface area contributed by atoms with Crippen LogP contribution in [0.15, 0.2) is 53.5 Å². The highest BCUT2D eigenvalue weighted by Crippen LogP contribution is 2.17. The summed E-state index contributed by atoms with van der Waals surface area (Å²) in [6.45, 7) is 3.36. The lowest BCUT2D eigenvalue weighted by molar-refractivity contribution is -0.126. The molecular weight excluding hydrogens is 308 g/mol. The maximum Gasteiger partial charge on any atom is 0.228 e. The lowest BCUT2D eigenvalue weighted by Gasteiger charge is -2.18. The van der Waals surface area contributed by atoms with Crippen molar-refractivity contribution in [3.63, 3.8) is 0 Å². The fraction of sp³-hybridized carbons (Fsp3) is 0.263. The number of aryl methyl sites for hydroxylation is 2. The van der Waals surface area contributed by atoms with E-state index in [0.29, 0.717) is 24.5 Å². The summed E-state index contributed by atoms with van der Waals surface area (Å²) in [5.41, 5.74) is 3.32. The summed E-state index contributed by atoms with van der Waals surface area (Å²) >= 11 is 6.05. The molecule has 0 aliphatic carbocycles. The first kappa shape index (κ1) is 15.8. The maximum atomic E-state index is 12.6. The SMILES string of the molecule is Cc1ccc(CCC(=O)N2CCN=C2c2cccc(Cl)c2)cc1. The molecule has 0 saturated heterocycles. The highest BCUT2D eigenvalue weighted by molar-refractivity contribution is 6.31. The number of carbonyl (C=O) groups is 1. The Kier molecular flexibility index (Phi) is 4.77. The number of amidine groups is 1. The molecule has 0 unspecified atom stereocenters. The molecule has 0 fully saturated rings. The molecule has 0 spiro atoms. The van der Waals surface area contributed by atoms with Crippen LogP contribution < -0.4 is 0 Å². The molecule has 118 valence electrons. The normalized spacial score (nSPS) is 14.0. The molecule has 0 atom stereocenters. The highest BCUT2D eigenvalue weighted by Gasteiger charge is 2.24. The van der Waals surface area contributed by atoms with Gasteiger partial charge in [0, 0.05) is 23.6 Å². The minimum Gasteiger partial charge on any atom is -0.295 e. The molecule has 0 saturated carbocycles. The van der Waals surface area contributed by atoms with Crippen molar-refractivity contribution in [1.82, 2.24) is 4.90 Å². The second kappa shape index (κ2) is 6.97. The van der Waals surface area contributed by atoms with Gasteiger partial charge in [0.05, 0.1) is 6.54 Å². The van der Waals surface area contributed by atoms with Gasteiger partial charge in [0.1, 0.15) is 5.84 Å². The summed E-state index contributed by atoms with van der Waals surface area (Å²) in [4.78, 5) is 18.8. The van der Waals surface area contributed by atoms with Crippen molar-refractivity contribution in [1.29, 1.82) is 0 Å². The third-order valence-corrected chi connectivity index (χ3v) is 4.21. The standard InChI is InChI=1S/C19H19ClN2O/c1-14-5-7-15(8-6-14)9-10-18(23)22-12-11-21-19(22)16-3-2-4-17(20)13-16/h2-8,13H,9-12H2,1H3. The number of halogens is 1. The van der Waals surface area contributed by atoms with Crippen LogP contribution in [-0.4, -0.2) is 29.7 Å². The van der Waals surface area contributed by atoms with E-state index in [9.17, 15) is 4.79 Å². The Morgan fingerprint density at radius 2 is 2.00 bits per heavy atom. The summed E-state index contributed by atoms with van der Waals surface area (Å²) in [5.74, 6) is 0.850. The van der Waals surface area contributed by atoms with Crippen LogP contribution in [0.5, 0.6) is 0 Å². The molecule has 1 amide bonds. The van der Waals surface area contributed by atoms with Gasteiger partial charge in [-0.15, -0.1) is 0 Å². The van der Waals surface area contributed by atoms with Crippen LogP contribution >= 0.6 is 11.6 Å². The molecule has 3 nitrogen and oxygen atoms in total. The number of benzene rings is 2. The Balaban J connectivity index is 1.67. The van der Waals surface area contributed by atoms with Gasteiger partial charge in [0.15, 0.2) is 0 Å². The molecule has 2 aromatic rings. The van der Waals surface area contributed by atoms with Crippen LogP contribution in [0.2, 0.25) is 5.02 Å². The zero-order chi connectivity index (χ0) is 16.2. The van der Waals surface area contributed by atoms with E-state index >= 15 is 0 Å². The van der Waals surface area contributed by atoms with Crippen molar-refractivity contribution < 1.29 is 4.79 Å². The van der Waals surface area contributed by atoms with Crippen LogP contribution in [0.3, 0.4) is 0 Å². The fourth-order valence-electron chi connectivity index (χ4n) is 2.71. The number of amides is 1. The van der Waals surface area contributed by atoms with E-state index in [4.69, 9.17) is 11.6 Å². The largest absolute Gasteiger partial charge is 0.295 e. The van der Waals surface area contributed by atoms with Crippen molar-refractivity contribution in [3.05, 3.63) is 70.2 Å². The molecule has 1 aliphatic rings. The van der Waals surface area contributed by atoms with E-state index in [0.717, 1.165) is 17.8 Å². The number of nitrogens with zero attached hydrogens (tertiary/aromatic N) is 2. The number of hydrogen-bond donors (Lipinski definition) is 0. The third-order valence-electron chi connectivity index (χ3n) is 3.97. The molecular formula is C19H19ClN2O. The molecule has 0 radical (unpaired) electrons. The van der Waals surface area contributed by atoms with E-state index in [1.54, 1.807) is 4.90 Å². The Morgan fingerprint density at radius 1 is 1.22 bits per heavy atom. The van der Waals surface area contributed by atoms with Crippen molar-refractivity contribution in [3.8, 4) is 0 Å². The predicted molar refractivity (Wildman–Crippen MR) is 94.1 cm³/mol. The van der Waals surface area contributed by atoms with Gasteiger partial charge >= 0.3 is 0 Å². The Labute approximate surface area is 141 Å². The van der Waals surface area contributed by atoms with Crippen LogP contribution in [0.4, 0.5) is 0 Å². The summed E-state index contributed by atoms with van der Waals surface area (Å²) < 4.78 is 0. The van der Waals surface area contributed by atoms with Gasteiger partial charge in [-0.1, -0.05) is 53.6 Å². The van der Waals surface area contributed by atoms with Gasteiger partial charge < -0.3 is 0 Å². The van der Waals surface area contributed by atoms with E-state index < -0.39 is 0 Å². The second-order valence-electron chi connectivity index (χ2n) is 5.75. The zero-order valence-electron chi connectivity index (χ0n) is 13.1. The molecule has 4 heteroatoms. The minimum atomic E-state index is 0.113. The summed E-state index contributed by atoms with van der Waals surface area (Å²) in [6, 6.07) is 15.8. The van der Waals surface area contributed by atoms with E-state index in [1.807, 2.05) is 24.3 Å². The van der Waals surface area contributed by atoms with Crippen molar-refractivity contribution in [2.75, 3.05) is 13.1 Å².